The highest BCUT2D eigenvalue weighted by molar-refractivity contribution is 7.89. The molecule has 0 aromatic carbocycles. The predicted molar refractivity (Wildman–Crippen MR) is 76.2 cm³/mol. The first kappa shape index (κ1) is 17.9. The summed E-state index contributed by atoms with van der Waals surface area (Å²) in [6.07, 6.45) is 3.29. The number of carbonyl (C=O) groups is 2. The normalized spacial score (nSPS) is 18.6. The summed E-state index contributed by atoms with van der Waals surface area (Å²) in [5, 5.41) is 9.07. The Balaban J connectivity index is 2.75. The fraction of sp³-hybridized carbons (Fsp3) is 0.846. The minimum Gasteiger partial charge on any atom is -0.480 e. The number of rotatable bonds is 9. The van der Waals surface area contributed by atoms with E-state index in [2.05, 4.69) is 9.46 Å². The number of carboxylic acid groups (broad SMARTS) is 1. The van der Waals surface area contributed by atoms with Crippen molar-refractivity contribution in [3.05, 3.63) is 0 Å². The molecule has 2 N–H and O–H groups in total. The molecule has 0 aromatic rings. The summed E-state index contributed by atoms with van der Waals surface area (Å²) in [6, 6.07) is -1.15. The Hall–Kier alpha value is -1.15. The molecule has 0 spiro atoms. The highest BCUT2D eigenvalue weighted by Gasteiger charge is 2.48. The van der Waals surface area contributed by atoms with E-state index >= 15 is 0 Å². The molecule has 8 heteroatoms. The molecule has 1 aliphatic carbocycles. The summed E-state index contributed by atoms with van der Waals surface area (Å²) in [7, 11) is -2.64. The van der Waals surface area contributed by atoms with Gasteiger partial charge in [0.2, 0.25) is 10.0 Å². The average molecular weight is 321 g/mol. The van der Waals surface area contributed by atoms with Crippen LogP contribution in [0.25, 0.3) is 0 Å². The lowest BCUT2D eigenvalue weighted by Gasteiger charge is -2.38. The van der Waals surface area contributed by atoms with Crippen LogP contribution in [0.15, 0.2) is 0 Å². The number of aliphatic carboxylic acids is 1. The van der Waals surface area contributed by atoms with Gasteiger partial charge in [0.25, 0.3) is 0 Å². The molecule has 1 fully saturated rings. The molecule has 0 saturated heterocycles. The van der Waals surface area contributed by atoms with Gasteiger partial charge in [-0.25, -0.2) is 13.1 Å². The Bertz CT molecular complexity index is 483. The fourth-order valence-electron chi connectivity index (χ4n) is 2.49. The van der Waals surface area contributed by atoms with Crippen LogP contribution in [0.1, 0.15) is 45.4 Å². The van der Waals surface area contributed by atoms with E-state index in [0.717, 1.165) is 12.8 Å². The quantitative estimate of drug-likeness (QED) is 0.610. The second-order valence-corrected chi connectivity index (χ2v) is 7.29. The molecule has 7 nitrogen and oxygen atoms in total. The predicted octanol–water partition coefficient (Wildman–Crippen LogP) is 0.892. The monoisotopic (exact) mass is 321 g/mol. The summed E-state index contributed by atoms with van der Waals surface area (Å²) in [5.41, 5.74) is -1.02. The molecule has 1 saturated carbocycles. The number of hydrogen-bond donors (Lipinski definition) is 2. The third kappa shape index (κ3) is 4.67. The van der Waals surface area contributed by atoms with E-state index in [-0.39, 0.29) is 6.42 Å². The molecule has 1 aliphatic rings. The second kappa shape index (κ2) is 7.22. The van der Waals surface area contributed by atoms with Crippen LogP contribution < -0.4 is 4.72 Å². The zero-order chi connectivity index (χ0) is 16.1. The SMILES string of the molecule is CCCC[C@H](NS(=O)(=O)CC1(C(=O)OC)CCC1)C(=O)O. The van der Waals surface area contributed by atoms with Crippen LogP contribution in [0.2, 0.25) is 0 Å². The summed E-state index contributed by atoms with van der Waals surface area (Å²) in [4.78, 5) is 22.9. The molecule has 0 amide bonds. The van der Waals surface area contributed by atoms with Crippen molar-refractivity contribution < 1.29 is 27.9 Å². The van der Waals surface area contributed by atoms with Crippen LogP contribution >= 0.6 is 0 Å². The first-order valence-corrected chi connectivity index (χ1v) is 8.73. The Morgan fingerprint density at radius 3 is 2.38 bits per heavy atom. The van der Waals surface area contributed by atoms with Gasteiger partial charge in [-0.3, -0.25) is 9.59 Å². The minimum absolute atomic E-state index is 0.232. The van der Waals surface area contributed by atoms with Gasteiger partial charge in [-0.05, 0) is 19.3 Å². The molecular formula is C13H23NO6S. The topological polar surface area (TPSA) is 110 Å². The number of ether oxygens (including phenoxy) is 1. The van der Waals surface area contributed by atoms with E-state index in [1.165, 1.54) is 7.11 Å². The molecule has 0 aromatic heterocycles. The lowest BCUT2D eigenvalue weighted by atomic mass is 9.70. The van der Waals surface area contributed by atoms with Gasteiger partial charge < -0.3 is 9.84 Å². The molecule has 0 unspecified atom stereocenters. The maximum Gasteiger partial charge on any atom is 0.321 e. The molecule has 1 rings (SSSR count). The molecule has 0 aliphatic heterocycles. The smallest absolute Gasteiger partial charge is 0.321 e. The average Bonchev–Trinajstić information content (AvgIpc) is 2.37. The van der Waals surface area contributed by atoms with Gasteiger partial charge in [0.05, 0.1) is 18.3 Å². The van der Waals surface area contributed by atoms with E-state index in [1.807, 2.05) is 6.92 Å². The van der Waals surface area contributed by atoms with E-state index < -0.39 is 39.2 Å². The van der Waals surface area contributed by atoms with Crippen LogP contribution in [0.3, 0.4) is 0 Å². The van der Waals surface area contributed by atoms with Crippen molar-refractivity contribution in [3.63, 3.8) is 0 Å². The summed E-state index contributed by atoms with van der Waals surface area (Å²) < 4.78 is 31.2. The molecular weight excluding hydrogens is 298 g/mol. The highest BCUT2D eigenvalue weighted by atomic mass is 32.2. The van der Waals surface area contributed by atoms with Crippen LogP contribution in [0, 0.1) is 5.41 Å². The van der Waals surface area contributed by atoms with Gasteiger partial charge in [-0.2, -0.15) is 0 Å². The number of nitrogens with one attached hydrogen (secondary N) is 1. The van der Waals surface area contributed by atoms with E-state index in [4.69, 9.17) is 5.11 Å². The zero-order valence-corrected chi connectivity index (χ0v) is 13.2. The first-order chi connectivity index (χ1) is 9.76. The van der Waals surface area contributed by atoms with Gasteiger partial charge in [0.1, 0.15) is 6.04 Å². The van der Waals surface area contributed by atoms with Crippen molar-refractivity contribution in [1.82, 2.24) is 4.72 Å². The summed E-state index contributed by atoms with van der Waals surface area (Å²) in [6.45, 7) is 1.90. The van der Waals surface area contributed by atoms with Gasteiger partial charge in [0, 0.05) is 0 Å². The maximum atomic E-state index is 12.2. The number of methoxy groups -OCH3 is 1. The summed E-state index contributed by atoms with van der Waals surface area (Å²) in [5.74, 6) is -2.16. The lowest BCUT2D eigenvalue weighted by Crippen LogP contribution is -2.50. The molecule has 0 bridgehead atoms. The Kier molecular flexibility index (Phi) is 6.15. The van der Waals surface area contributed by atoms with Gasteiger partial charge in [-0.15, -0.1) is 0 Å². The number of carboxylic acids is 1. The standard InChI is InChI=1S/C13H23NO6S/c1-3-4-6-10(11(15)16)14-21(18,19)9-13(7-5-8-13)12(17)20-2/h10,14H,3-9H2,1-2H3,(H,15,16)/t10-/m0/s1. The summed E-state index contributed by atoms with van der Waals surface area (Å²) >= 11 is 0. The number of carbonyl (C=O) groups excluding carboxylic acids is 1. The second-order valence-electron chi connectivity index (χ2n) is 5.54. The minimum atomic E-state index is -3.86. The number of esters is 1. The number of unbranched alkanes of at least 4 members (excludes halogenated alkanes) is 1. The number of sulfonamides is 1. The largest absolute Gasteiger partial charge is 0.480 e. The van der Waals surface area contributed by atoms with Crippen LogP contribution in [0.5, 0.6) is 0 Å². The van der Waals surface area contributed by atoms with Gasteiger partial charge in [-0.1, -0.05) is 26.2 Å². The van der Waals surface area contributed by atoms with Crippen molar-refractivity contribution in [2.45, 2.75) is 51.5 Å². The van der Waals surface area contributed by atoms with Gasteiger partial charge >= 0.3 is 11.9 Å². The van der Waals surface area contributed by atoms with Crippen molar-refractivity contribution >= 4 is 22.0 Å². The molecule has 0 radical (unpaired) electrons. The number of hydrogen-bond acceptors (Lipinski definition) is 5. The molecule has 0 heterocycles. The molecule has 21 heavy (non-hydrogen) atoms. The molecule has 122 valence electrons. The van der Waals surface area contributed by atoms with Crippen molar-refractivity contribution in [2.75, 3.05) is 12.9 Å². The van der Waals surface area contributed by atoms with E-state index in [9.17, 15) is 18.0 Å². The van der Waals surface area contributed by atoms with Crippen LogP contribution in [-0.2, 0) is 24.3 Å². The Morgan fingerprint density at radius 1 is 1.38 bits per heavy atom. The highest BCUT2D eigenvalue weighted by Crippen LogP contribution is 2.43. The van der Waals surface area contributed by atoms with E-state index in [0.29, 0.717) is 19.3 Å². The van der Waals surface area contributed by atoms with Crippen LogP contribution in [0.4, 0.5) is 0 Å². The van der Waals surface area contributed by atoms with Crippen molar-refractivity contribution in [3.8, 4) is 0 Å². The van der Waals surface area contributed by atoms with Crippen molar-refractivity contribution in [2.24, 2.45) is 5.41 Å². The van der Waals surface area contributed by atoms with Crippen LogP contribution in [-0.4, -0.2) is 44.4 Å². The Labute approximate surface area is 125 Å². The zero-order valence-electron chi connectivity index (χ0n) is 12.4. The fourth-order valence-corrected chi connectivity index (χ4v) is 4.36. The van der Waals surface area contributed by atoms with Gasteiger partial charge in [0.15, 0.2) is 0 Å². The maximum absolute atomic E-state index is 12.2. The van der Waals surface area contributed by atoms with Crippen molar-refractivity contribution in [1.29, 1.82) is 0 Å². The van der Waals surface area contributed by atoms with E-state index in [1.54, 1.807) is 0 Å². The molecule has 1 atom stereocenters. The first-order valence-electron chi connectivity index (χ1n) is 7.07. The Morgan fingerprint density at radius 2 is 2.00 bits per heavy atom. The third-order valence-electron chi connectivity index (χ3n) is 3.86. The third-order valence-corrected chi connectivity index (χ3v) is 5.44. The lowest BCUT2D eigenvalue weighted by molar-refractivity contribution is -0.156.